The molecule has 2 rings (SSSR count). The second-order valence-corrected chi connectivity index (χ2v) is 5.78. The van der Waals surface area contributed by atoms with Crippen LogP contribution in [0.5, 0.6) is 0 Å². The second-order valence-electron chi connectivity index (χ2n) is 4.45. The summed E-state index contributed by atoms with van der Waals surface area (Å²) in [6.45, 7) is 4.59. The second kappa shape index (κ2) is 5.05. The Bertz CT molecular complexity index is 377. The third kappa shape index (κ3) is 2.98. The Morgan fingerprint density at radius 1 is 1.56 bits per heavy atom. The molecule has 0 spiro atoms. The number of hydrogen-bond acceptors (Lipinski definition) is 2. The summed E-state index contributed by atoms with van der Waals surface area (Å²) in [4.78, 5) is 0. The lowest BCUT2D eigenvalue weighted by atomic mass is 10.0. The zero-order valence-electron chi connectivity index (χ0n) is 9.22. The molecule has 1 fully saturated rings. The van der Waals surface area contributed by atoms with E-state index in [-0.39, 0.29) is 5.54 Å². The molecule has 0 saturated carbocycles. The fraction of sp³-hybridized carbons (Fsp3) is 0.500. The maximum atomic E-state index is 6.16. The lowest BCUT2D eigenvalue weighted by molar-refractivity contribution is 0.171. The Morgan fingerprint density at radius 2 is 2.38 bits per heavy atom. The van der Waals surface area contributed by atoms with E-state index in [2.05, 4.69) is 28.2 Å². The van der Waals surface area contributed by atoms with Gasteiger partial charge in [0, 0.05) is 28.2 Å². The minimum absolute atomic E-state index is 0.0937. The van der Waals surface area contributed by atoms with Crippen LogP contribution in [0.1, 0.15) is 18.9 Å². The zero-order valence-corrected chi connectivity index (χ0v) is 11.6. The van der Waals surface area contributed by atoms with E-state index in [4.69, 9.17) is 16.3 Å². The number of rotatable bonds is 3. The van der Waals surface area contributed by atoms with Gasteiger partial charge < -0.3 is 10.1 Å². The number of benzene rings is 1. The molecular weight excluding hydrogens is 289 g/mol. The van der Waals surface area contributed by atoms with E-state index in [1.807, 2.05) is 18.2 Å². The highest BCUT2D eigenvalue weighted by molar-refractivity contribution is 9.10. The van der Waals surface area contributed by atoms with Gasteiger partial charge in [-0.1, -0.05) is 33.6 Å². The van der Waals surface area contributed by atoms with Gasteiger partial charge in [-0.25, -0.2) is 0 Å². The van der Waals surface area contributed by atoms with E-state index in [9.17, 15) is 0 Å². The standard InChI is InChI=1S/C12H15BrClNO/c1-12(4-5-16-8-12)15-7-9-2-3-10(13)6-11(9)14/h2-3,6,15H,4-5,7-8H2,1H3. The highest BCUT2D eigenvalue weighted by Crippen LogP contribution is 2.23. The van der Waals surface area contributed by atoms with Gasteiger partial charge >= 0.3 is 0 Å². The highest BCUT2D eigenvalue weighted by atomic mass is 79.9. The predicted octanol–water partition coefficient (Wildman–Crippen LogP) is 3.37. The molecule has 1 unspecified atom stereocenters. The van der Waals surface area contributed by atoms with Crippen LogP contribution in [0, 0.1) is 0 Å². The topological polar surface area (TPSA) is 21.3 Å². The molecule has 1 N–H and O–H groups in total. The average Bonchev–Trinajstić information content (AvgIpc) is 2.64. The van der Waals surface area contributed by atoms with Gasteiger partial charge in [0.15, 0.2) is 0 Å². The van der Waals surface area contributed by atoms with Gasteiger partial charge in [-0.3, -0.25) is 0 Å². The monoisotopic (exact) mass is 303 g/mol. The number of hydrogen-bond donors (Lipinski definition) is 1. The molecular formula is C12H15BrClNO. The van der Waals surface area contributed by atoms with E-state index >= 15 is 0 Å². The lowest BCUT2D eigenvalue weighted by Gasteiger charge is -2.23. The van der Waals surface area contributed by atoms with E-state index in [1.165, 1.54) is 0 Å². The average molecular weight is 305 g/mol. The molecule has 1 atom stereocenters. The molecule has 2 nitrogen and oxygen atoms in total. The van der Waals surface area contributed by atoms with Crippen LogP contribution in [0.15, 0.2) is 22.7 Å². The van der Waals surface area contributed by atoms with E-state index in [0.717, 1.165) is 41.2 Å². The fourth-order valence-electron chi connectivity index (χ4n) is 1.78. The van der Waals surface area contributed by atoms with Crippen molar-refractivity contribution in [2.24, 2.45) is 0 Å². The van der Waals surface area contributed by atoms with Crippen LogP contribution in [-0.2, 0) is 11.3 Å². The first-order valence-corrected chi connectivity index (χ1v) is 6.53. The normalized spacial score (nSPS) is 24.9. The summed E-state index contributed by atoms with van der Waals surface area (Å²) in [7, 11) is 0. The van der Waals surface area contributed by atoms with Gasteiger partial charge in [0.05, 0.1) is 6.61 Å². The highest BCUT2D eigenvalue weighted by Gasteiger charge is 2.28. The van der Waals surface area contributed by atoms with Crippen LogP contribution >= 0.6 is 27.5 Å². The quantitative estimate of drug-likeness (QED) is 0.924. The zero-order chi connectivity index (χ0) is 11.6. The summed E-state index contributed by atoms with van der Waals surface area (Å²) >= 11 is 9.56. The minimum Gasteiger partial charge on any atom is -0.379 e. The maximum Gasteiger partial charge on any atom is 0.0646 e. The van der Waals surface area contributed by atoms with Gasteiger partial charge in [-0.15, -0.1) is 0 Å². The Labute approximate surface area is 109 Å². The third-order valence-corrected chi connectivity index (χ3v) is 3.78. The molecule has 16 heavy (non-hydrogen) atoms. The molecule has 0 aliphatic carbocycles. The van der Waals surface area contributed by atoms with Gasteiger partial charge in [0.25, 0.3) is 0 Å². The Hall–Kier alpha value is -0.0900. The molecule has 1 aromatic carbocycles. The number of halogens is 2. The molecule has 0 bridgehead atoms. The van der Waals surface area contributed by atoms with Crippen LogP contribution in [0.4, 0.5) is 0 Å². The predicted molar refractivity (Wildman–Crippen MR) is 69.8 cm³/mol. The molecule has 1 saturated heterocycles. The molecule has 0 radical (unpaired) electrons. The number of nitrogens with one attached hydrogen (secondary N) is 1. The first-order chi connectivity index (χ1) is 7.59. The molecule has 1 heterocycles. The summed E-state index contributed by atoms with van der Waals surface area (Å²) in [5, 5.41) is 4.31. The molecule has 0 aromatic heterocycles. The summed E-state index contributed by atoms with van der Waals surface area (Å²) in [6, 6.07) is 5.97. The Morgan fingerprint density at radius 3 is 3.00 bits per heavy atom. The van der Waals surface area contributed by atoms with Crippen molar-refractivity contribution in [2.45, 2.75) is 25.4 Å². The molecule has 1 aromatic rings. The molecule has 1 aliphatic rings. The van der Waals surface area contributed by atoms with Crippen LogP contribution < -0.4 is 5.32 Å². The van der Waals surface area contributed by atoms with E-state index < -0.39 is 0 Å². The van der Waals surface area contributed by atoms with Crippen molar-refractivity contribution in [1.29, 1.82) is 0 Å². The van der Waals surface area contributed by atoms with Crippen LogP contribution in [0.2, 0.25) is 5.02 Å². The van der Waals surface area contributed by atoms with Gasteiger partial charge in [-0.05, 0) is 31.0 Å². The van der Waals surface area contributed by atoms with Crippen LogP contribution in [0.25, 0.3) is 0 Å². The van der Waals surface area contributed by atoms with E-state index in [0.29, 0.717) is 0 Å². The molecule has 88 valence electrons. The molecule has 1 aliphatic heterocycles. The van der Waals surface area contributed by atoms with Crippen molar-refractivity contribution in [1.82, 2.24) is 5.32 Å². The Kier molecular flexibility index (Phi) is 3.90. The summed E-state index contributed by atoms with van der Waals surface area (Å²) < 4.78 is 6.41. The first-order valence-electron chi connectivity index (χ1n) is 5.36. The lowest BCUT2D eigenvalue weighted by Crippen LogP contribution is -2.42. The van der Waals surface area contributed by atoms with Crippen molar-refractivity contribution < 1.29 is 4.74 Å². The Balaban J connectivity index is 1.99. The van der Waals surface area contributed by atoms with Crippen molar-refractivity contribution >= 4 is 27.5 Å². The third-order valence-electron chi connectivity index (χ3n) is 2.94. The fourth-order valence-corrected chi connectivity index (χ4v) is 2.52. The van der Waals surface area contributed by atoms with Gasteiger partial charge in [0.2, 0.25) is 0 Å². The van der Waals surface area contributed by atoms with Gasteiger partial charge in [0.1, 0.15) is 0 Å². The summed E-state index contributed by atoms with van der Waals surface area (Å²) in [5.74, 6) is 0. The van der Waals surface area contributed by atoms with Crippen molar-refractivity contribution in [3.05, 3.63) is 33.3 Å². The summed E-state index contributed by atoms with van der Waals surface area (Å²) in [5.41, 5.74) is 1.22. The van der Waals surface area contributed by atoms with Gasteiger partial charge in [-0.2, -0.15) is 0 Å². The maximum absolute atomic E-state index is 6.16. The van der Waals surface area contributed by atoms with Crippen molar-refractivity contribution in [3.63, 3.8) is 0 Å². The SMILES string of the molecule is CC1(NCc2ccc(Br)cc2Cl)CCOC1. The molecule has 4 heteroatoms. The molecule has 0 amide bonds. The summed E-state index contributed by atoms with van der Waals surface area (Å²) in [6.07, 6.45) is 1.06. The minimum atomic E-state index is 0.0937. The van der Waals surface area contributed by atoms with Crippen molar-refractivity contribution in [2.75, 3.05) is 13.2 Å². The smallest absolute Gasteiger partial charge is 0.0646 e. The van der Waals surface area contributed by atoms with Crippen LogP contribution in [-0.4, -0.2) is 18.8 Å². The number of ether oxygens (including phenoxy) is 1. The van der Waals surface area contributed by atoms with Crippen LogP contribution in [0.3, 0.4) is 0 Å². The van der Waals surface area contributed by atoms with E-state index in [1.54, 1.807) is 0 Å². The van der Waals surface area contributed by atoms with Crippen molar-refractivity contribution in [3.8, 4) is 0 Å². The first kappa shape index (κ1) is 12.4. The largest absolute Gasteiger partial charge is 0.379 e.